The fourth-order valence-corrected chi connectivity index (χ4v) is 2.90. The van der Waals surface area contributed by atoms with Crippen molar-refractivity contribution in [2.75, 3.05) is 45.6 Å². The van der Waals surface area contributed by atoms with Crippen molar-refractivity contribution in [2.45, 2.75) is 13.0 Å². The minimum Gasteiger partial charge on any atom is -0.326 e. The van der Waals surface area contributed by atoms with Gasteiger partial charge < -0.3 is 16.0 Å². The Morgan fingerprint density at radius 2 is 2.33 bits per heavy atom. The van der Waals surface area contributed by atoms with Crippen LogP contribution >= 0.6 is 0 Å². The standard InChI is InChI=1S/C16H26N4O/c1-19-7-6-14(10-19)11-20(2)12-16(21)18-15-5-3-4-13(8-15)9-17/h3-5,8,14H,6-7,9-12,17H2,1-2H3,(H,18,21). The predicted octanol–water partition coefficient (Wildman–Crippen LogP) is 0.967. The molecule has 1 aromatic carbocycles. The van der Waals surface area contributed by atoms with Crippen molar-refractivity contribution >= 4 is 11.6 Å². The van der Waals surface area contributed by atoms with Gasteiger partial charge in [-0.1, -0.05) is 12.1 Å². The Kier molecular flexibility index (Phi) is 5.73. The third-order valence-electron chi connectivity index (χ3n) is 3.92. The smallest absolute Gasteiger partial charge is 0.238 e. The molecule has 5 heteroatoms. The van der Waals surface area contributed by atoms with Gasteiger partial charge in [0.25, 0.3) is 0 Å². The molecule has 0 spiro atoms. The van der Waals surface area contributed by atoms with Crippen LogP contribution in [-0.2, 0) is 11.3 Å². The number of nitrogens with one attached hydrogen (secondary N) is 1. The van der Waals surface area contributed by atoms with E-state index in [9.17, 15) is 4.79 Å². The van der Waals surface area contributed by atoms with E-state index in [1.165, 1.54) is 6.42 Å². The highest BCUT2D eigenvalue weighted by Crippen LogP contribution is 2.15. The van der Waals surface area contributed by atoms with Gasteiger partial charge in [0.15, 0.2) is 0 Å². The number of carbonyl (C=O) groups is 1. The number of nitrogens with two attached hydrogens (primary N) is 1. The van der Waals surface area contributed by atoms with Gasteiger partial charge in [0.05, 0.1) is 6.54 Å². The summed E-state index contributed by atoms with van der Waals surface area (Å²) in [5, 5.41) is 2.93. The molecular formula is C16H26N4O. The average molecular weight is 290 g/mol. The Labute approximate surface area is 127 Å². The van der Waals surface area contributed by atoms with Crippen molar-refractivity contribution in [3.05, 3.63) is 29.8 Å². The highest BCUT2D eigenvalue weighted by atomic mass is 16.2. The SMILES string of the molecule is CN1CCC(CN(C)CC(=O)Nc2cccc(CN)c2)C1. The van der Waals surface area contributed by atoms with Crippen LogP contribution in [-0.4, -0.2) is 56.0 Å². The molecule has 1 aliphatic heterocycles. The predicted molar refractivity (Wildman–Crippen MR) is 86.1 cm³/mol. The van der Waals surface area contributed by atoms with Crippen molar-refractivity contribution < 1.29 is 4.79 Å². The number of carbonyl (C=O) groups excluding carboxylic acids is 1. The minimum absolute atomic E-state index is 0.0259. The van der Waals surface area contributed by atoms with Crippen LogP contribution < -0.4 is 11.1 Å². The lowest BCUT2D eigenvalue weighted by Gasteiger charge is -2.20. The van der Waals surface area contributed by atoms with E-state index in [1.807, 2.05) is 31.3 Å². The molecule has 0 aliphatic carbocycles. The number of benzene rings is 1. The van der Waals surface area contributed by atoms with E-state index in [4.69, 9.17) is 5.73 Å². The van der Waals surface area contributed by atoms with Crippen LogP contribution in [0.25, 0.3) is 0 Å². The van der Waals surface area contributed by atoms with Gasteiger partial charge in [-0.25, -0.2) is 0 Å². The number of hydrogen-bond donors (Lipinski definition) is 2. The summed E-state index contributed by atoms with van der Waals surface area (Å²) in [7, 11) is 4.16. The van der Waals surface area contributed by atoms with E-state index in [2.05, 4.69) is 22.2 Å². The fraction of sp³-hybridized carbons (Fsp3) is 0.562. The van der Waals surface area contributed by atoms with Gasteiger partial charge in [0, 0.05) is 25.3 Å². The molecule has 116 valence electrons. The van der Waals surface area contributed by atoms with Crippen LogP contribution in [0.4, 0.5) is 5.69 Å². The molecule has 2 rings (SSSR count). The molecule has 21 heavy (non-hydrogen) atoms. The lowest BCUT2D eigenvalue weighted by molar-refractivity contribution is -0.117. The quantitative estimate of drug-likeness (QED) is 0.819. The van der Waals surface area contributed by atoms with E-state index in [0.29, 0.717) is 19.0 Å². The number of hydrogen-bond acceptors (Lipinski definition) is 4. The number of nitrogens with zero attached hydrogens (tertiary/aromatic N) is 2. The second kappa shape index (κ2) is 7.54. The summed E-state index contributed by atoms with van der Waals surface area (Å²) in [6, 6.07) is 7.68. The molecule has 0 bridgehead atoms. The summed E-state index contributed by atoms with van der Waals surface area (Å²) in [5.74, 6) is 0.700. The van der Waals surface area contributed by atoms with Crippen molar-refractivity contribution in [3.8, 4) is 0 Å². The zero-order valence-electron chi connectivity index (χ0n) is 13.0. The zero-order valence-corrected chi connectivity index (χ0v) is 13.0. The summed E-state index contributed by atoms with van der Waals surface area (Å²) in [4.78, 5) is 16.5. The topological polar surface area (TPSA) is 61.6 Å². The molecule has 0 saturated carbocycles. The van der Waals surface area contributed by atoms with Crippen LogP contribution in [0, 0.1) is 5.92 Å². The number of amides is 1. The second-order valence-corrected chi connectivity index (χ2v) is 6.07. The Bertz CT molecular complexity index is 477. The van der Waals surface area contributed by atoms with Crippen LogP contribution in [0.2, 0.25) is 0 Å². The lowest BCUT2D eigenvalue weighted by atomic mass is 10.1. The molecule has 1 unspecified atom stereocenters. The number of rotatable bonds is 6. The molecule has 1 fully saturated rings. The first-order chi connectivity index (χ1) is 10.1. The first-order valence-electron chi connectivity index (χ1n) is 7.52. The van der Waals surface area contributed by atoms with Crippen molar-refractivity contribution in [1.82, 2.24) is 9.80 Å². The summed E-state index contributed by atoms with van der Waals surface area (Å²) in [6.45, 7) is 4.17. The third kappa shape index (κ3) is 5.12. The van der Waals surface area contributed by atoms with E-state index < -0.39 is 0 Å². The number of likely N-dealkylation sites (tertiary alicyclic amines) is 1. The van der Waals surface area contributed by atoms with Gasteiger partial charge in [-0.3, -0.25) is 9.69 Å². The monoisotopic (exact) mass is 290 g/mol. The van der Waals surface area contributed by atoms with E-state index in [-0.39, 0.29) is 5.91 Å². The first kappa shape index (κ1) is 15.9. The van der Waals surface area contributed by atoms with Crippen LogP contribution in [0.3, 0.4) is 0 Å². The Morgan fingerprint density at radius 3 is 3.00 bits per heavy atom. The van der Waals surface area contributed by atoms with E-state index in [0.717, 1.165) is 30.9 Å². The first-order valence-corrected chi connectivity index (χ1v) is 7.52. The summed E-state index contributed by atoms with van der Waals surface area (Å²) >= 11 is 0. The zero-order chi connectivity index (χ0) is 15.2. The summed E-state index contributed by atoms with van der Waals surface area (Å²) in [5.41, 5.74) is 7.45. The van der Waals surface area contributed by atoms with Crippen molar-refractivity contribution in [1.29, 1.82) is 0 Å². The normalized spacial score (nSPS) is 19.1. The molecule has 0 aromatic heterocycles. The highest BCUT2D eigenvalue weighted by molar-refractivity contribution is 5.92. The maximum absolute atomic E-state index is 12.1. The molecule has 0 radical (unpaired) electrons. The van der Waals surface area contributed by atoms with Gasteiger partial charge in [-0.15, -0.1) is 0 Å². The van der Waals surface area contributed by atoms with E-state index >= 15 is 0 Å². The largest absolute Gasteiger partial charge is 0.326 e. The number of likely N-dealkylation sites (N-methyl/N-ethyl adjacent to an activating group) is 1. The van der Waals surface area contributed by atoms with E-state index in [1.54, 1.807) is 0 Å². The summed E-state index contributed by atoms with van der Waals surface area (Å²) in [6.07, 6.45) is 1.22. The van der Waals surface area contributed by atoms with Gasteiger partial charge in [0.1, 0.15) is 0 Å². The van der Waals surface area contributed by atoms with Gasteiger partial charge in [-0.2, -0.15) is 0 Å². The second-order valence-electron chi connectivity index (χ2n) is 6.07. The van der Waals surface area contributed by atoms with Crippen molar-refractivity contribution in [3.63, 3.8) is 0 Å². The molecule has 1 atom stereocenters. The van der Waals surface area contributed by atoms with Crippen LogP contribution in [0.15, 0.2) is 24.3 Å². The molecule has 1 heterocycles. The van der Waals surface area contributed by atoms with Gasteiger partial charge in [0.2, 0.25) is 5.91 Å². The van der Waals surface area contributed by atoms with Crippen LogP contribution in [0.1, 0.15) is 12.0 Å². The Hall–Kier alpha value is -1.43. The minimum atomic E-state index is 0.0259. The molecule has 5 nitrogen and oxygen atoms in total. The van der Waals surface area contributed by atoms with Crippen molar-refractivity contribution in [2.24, 2.45) is 11.7 Å². The Morgan fingerprint density at radius 1 is 1.52 bits per heavy atom. The van der Waals surface area contributed by atoms with Gasteiger partial charge in [-0.05, 0) is 50.7 Å². The van der Waals surface area contributed by atoms with Gasteiger partial charge >= 0.3 is 0 Å². The highest BCUT2D eigenvalue weighted by Gasteiger charge is 2.21. The molecule has 1 aliphatic rings. The molecular weight excluding hydrogens is 264 g/mol. The fourth-order valence-electron chi connectivity index (χ4n) is 2.90. The number of anilines is 1. The van der Waals surface area contributed by atoms with Crippen LogP contribution in [0.5, 0.6) is 0 Å². The third-order valence-corrected chi connectivity index (χ3v) is 3.92. The maximum atomic E-state index is 12.1. The average Bonchev–Trinajstić information content (AvgIpc) is 2.83. The molecule has 1 saturated heterocycles. The molecule has 3 N–H and O–H groups in total. The molecule has 1 amide bonds. The molecule has 1 aromatic rings. The Balaban J connectivity index is 1.78. The maximum Gasteiger partial charge on any atom is 0.238 e. The lowest BCUT2D eigenvalue weighted by Crippen LogP contribution is -2.34. The summed E-state index contributed by atoms with van der Waals surface area (Å²) < 4.78 is 0.